The molecule has 2 rings (SSSR count). The molecular formula is C13H16O2. The third-order valence-electron chi connectivity index (χ3n) is 3.53. The molecule has 0 radical (unpaired) electrons. The highest BCUT2D eigenvalue weighted by Gasteiger charge is 2.36. The molecule has 1 aliphatic rings. The van der Waals surface area contributed by atoms with Crippen LogP contribution in [0.2, 0.25) is 0 Å². The summed E-state index contributed by atoms with van der Waals surface area (Å²) in [6, 6.07) is 6.17. The molecule has 1 atom stereocenters. The second-order valence-electron chi connectivity index (χ2n) is 4.76. The number of fused-ring (bicyclic) bond motifs is 1. The number of carboxylic acids is 1. The Labute approximate surface area is 89.9 Å². The van der Waals surface area contributed by atoms with Crippen molar-refractivity contribution in [3.05, 3.63) is 34.9 Å². The molecule has 0 fully saturated rings. The molecule has 0 saturated heterocycles. The van der Waals surface area contributed by atoms with E-state index in [0.717, 1.165) is 12.8 Å². The van der Waals surface area contributed by atoms with Crippen molar-refractivity contribution >= 4 is 5.97 Å². The highest BCUT2D eigenvalue weighted by molar-refractivity contribution is 5.75. The van der Waals surface area contributed by atoms with Crippen molar-refractivity contribution in [2.24, 2.45) is 5.41 Å². The minimum atomic E-state index is -0.672. The number of hydrogen-bond donors (Lipinski definition) is 1. The van der Waals surface area contributed by atoms with Gasteiger partial charge in [0.05, 0.1) is 5.41 Å². The van der Waals surface area contributed by atoms with Crippen LogP contribution in [-0.4, -0.2) is 11.1 Å². The average molecular weight is 204 g/mol. The second kappa shape index (κ2) is 3.37. The van der Waals surface area contributed by atoms with E-state index in [0.29, 0.717) is 6.42 Å². The van der Waals surface area contributed by atoms with Gasteiger partial charge in [-0.3, -0.25) is 4.79 Å². The highest BCUT2D eigenvalue weighted by Crippen LogP contribution is 2.36. The summed E-state index contributed by atoms with van der Waals surface area (Å²) in [6.07, 6.45) is 2.31. The molecule has 1 unspecified atom stereocenters. The Morgan fingerprint density at radius 2 is 2.20 bits per heavy atom. The molecule has 2 heteroatoms. The van der Waals surface area contributed by atoms with Gasteiger partial charge < -0.3 is 5.11 Å². The molecule has 1 N–H and O–H groups in total. The van der Waals surface area contributed by atoms with Crippen LogP contribution in [0.3, 0.4) is 0 Å². The predicted molar refractivity (Wildman–Crippen MR) is 58.9 cm³/mol. The third kappa shape index (κ3) is 1.65. The summed E-state index contributed by atoms with van der Waals surface area (Å²) in [7, 11) is 0. The first-order chi connectivity index (χ1) is 7.03. The van der Waals surface area contributed by atoms with Crippen LogP contribution in [0.5, 0.6) is 0 Å². The number of aryl methyl sites for hydroxylation is 1. The Morgan fingerprint density at radius 3 is 2.87 bits per heavy atom. The lowest BCUT2D eigenvalue weighted by Crippen LogP contribution is -2.34. The van der Waals surface area contributed by atoms with E-state index in [1.165, 1.54) is 16.7 Å². The summed E-state index contributed by atoms with van der Waals surface area (Å²) >= 11 is 0. The molecule has 1 aromatic rings. The Balaban J connectivity index is 2.39. The van der Waals surface area contributed by atoms with Crippen LogP contribution in [0.15, 0.2) is 18.2 Å². The van der Waals surface area contributed by atoms with E-state index in [9.17, 15) is 9.90 Å². The maximum Gasteiger partial charge on any atom is 0.309 e. The second-order valence-corrected chi connectivity index (χ2v) is 4.76. The fraction of sp³-hybridized carbons (Fsp3) is 0.462. The number of carbonyl (C=O) groups is 1. The average Bonchev–Trinajstić information content (AvgIpc) is 2.17. The van der Waals surface area contributed by atoms with Gasteiger partial charge in [0, 0.05) is 0 Å². The maximum absolute atomic E-state index is 11.2. The summed E-state index contributed by atoms with van der Waals surface area (Å²) in [5, 5.41) is 9.19. The molecule has 0 bridgehead atoms. The number of rotatable bonds is 1. The molecule has 0 spiro atoms. The number of aliphatic carboxylic acids is 1. The van der Waals surface area contributed by atoms with Gasteiger partial charge in [-0.2, -0.15) is 0 Å². The normalized spacial score (nSPS) is 24.7. The van der Waals surface area contributed by atoms with Crippen molar-refractivity contribution < 1.29 is 9.90 Å². The molecule has 1 aliphatic carbocycles. The standard InChI is InChI=1S/C13H16O2/c1-9-4-3-5-10-8-13(2,12(14)15)7-6-11(9)10/h3-5H,6-8H2,1-2H3,(H,14,15). The van der Waals surface area contributed by atoms with E-state index in [1.54, 1.807) is 0 Å². The van der Waals surface area contributed by atoms with Gasteiger partial charge >= 0.3 is 5.97 Å². The zero-order chi connectivity index (χ0) is 11.1. The summed E-state index contributed by atoms with van der Waals surface area (Å²) in [5.41, 5.74) is 3.29. The SMILES string of the molecule is Cc1cccc2c1CCC(C)(C(=O)O)C2. The van der Waals surface area contributed by atoms with E-state index in [4.69, 9.17) is 0 Å². The largest absolute Gasteiger partial charge is 0.481 e. The summed E-state index contributed by atoms with van der Waals surface area (Å²) < 4.78 is 0. The fourth-order valence-corrected chi connectivity index (χ4v) is 2.38. The predicted octanol–water partition coefficient (Wildman–Crippen LogP) is 2.57. The molecule has 80 valence electrons. The van der Waals surface area contributed by atoms with Gasteiger partial charge in [0.25, 0.3) is 0 Å². The van der Waals surface area contributed by atoms with Gasteiger partial charge in [-0.25, -0.2) is 0 Å². The van der Waals surface area contributed by atoms with Crippen molar-refractivity contribution in [3.63, 3.8) is 0 Å². The van der Waals surface area contributed by atoms with Crippen LogP contribution >= 0.6 is 0 Å². The van der Waals surface area contributed by atoms with Gasteiger partial charge in [-0.1, -0.05) is 18.2 Å². The smallest absolute Gasteiger partial charge is 0.309 e. The summed E-state index contributed by atoms with van der Waals surface area (Å²) in [4.78, 5) is 11.2. The summed E-state index contributed by atoms with van der Waals surface area (Å²) in [5.74, 6) is -0.672. The molecule has 0 saturated carbocycles. The van der Waals surface area contributed by atoms with Gasteiger partial charge in [-0.05, 0) is 49.8 Å². The molecule has 1 aromatic carbocycles. The molecular weight excluding hydrogens is 188 g/mol. The lowest BCUT2D eigenvalue weighted by atomic mass is 9.72. The summed E-state index contributed by atoms with van der Waals surface area (Å²) in [6.45, 7) is 3.95. The van der Waals surface area contributed by atoms with Gasteiger partial charge in [-0.15, -0.1) is 0 Å². The highest BCUT2D eigenvalue weighted by atomic mass is 16.4. The van der Waals surface area contributed by atoms with E-state index in [1.807, 2.05) is 13.0 Å². The topological polar surface area (TPSA) is 37.3 Å². The third-order valence-corrected chi connectivity index (χ3v) is 3.53. The first-order valence-corrected chi connectivity index (χ1v) is 5.34. The van der Waals surface area contributed by atoms with Crippen molar-refractivity contribution in [2.45, 2.75) is 33.1 Å². The van der Waals surface area contributed by atoms with Crippen LogP contribution in [-0.2, 0) is 17.6 Å². The lowest BCUT2D eigenvalue weighted by molar-refractivity contribution is -0.148. The van der Waals surface area contributed by atoms with Crippen LogP contribution < -0.4 is 0 Å². The zero-order valence-corrected chi connectivity index (χ0v) is 9.21. The van der Waals surface area contributed by atoms with Gasteiger partial charge in [0.2, 0.25) is 0 Å². The Bertz CT molecular complexity index is 409. The van der Waals surface area contributed by atoms with E-state index < -0.39 is 11.4 Å². The first kappa shape index (κ1) is 10.2. The number of carboxylic acid groups (broad SMARTS) is 1. The van der Waals surface area contributed by atoms with E-state index >= 15 is 0 Å². The van der Waals surface area contributed by atoms with Crippen LogP contribution in [0.25, 0.3) is 0 Å². The number of hydrogen-bond acceptors (Lipinski definition) is 1. The van der Waals surface area contributed by atoms with Crippen molar-refractivity contribution in [3.8, 4) is 0 Å². The Morgan fingerprint density at radius 1 is 1.47 bits per heavy atom. The molecule has 0 aromatic heterocycles. The molecule has 0 amide bonds. The van der Waals surface area contributed by atoms with Crippen molar-refractivity contribution in [1.29, 1.82) is 0 Å². The van der Waals surface area contributed by atoms with Gasteiger partial charge in [0.15, 0.2) is 0 Å². The van der Waals surface area contributed by atoms with E-state index in [2.05, 4.69) is 19.1 Å². The zero-order valence-electron chi connectivity index (χ0n) is 9.21. The minimum Gasteiger partial charge on any atom is -0.481 e. The van der Waals surface area contributed by atoms with Crippen LogP contribution in [0, 0.1) is 12.3 Å². The van der Waals surface area contributed by atoms with Crippen LogP contribution in [0.4, 0.5) is 0 Å². The maximum atomic E-state index is 11.2. The van der Waals surface area contributed by atoms with E-state index in [-0.39, 0.29) is 0 Å². The quantitative estimate of drug-likeness (QED) is 0.763. The first-order valence-electron chi connectivity index (χ1n) is 5.34. The monoisotopic (exact) mass is 204 g/mol. The van der Waals surface area contributed by atoms with Gasteiger partial charge in [0.1, 0.15) is 0 Å². The van der Waals surface area contributed by atoms with Crippen molar-refractivity contribution in [2.75, 3.05) is 0 Å². The Kier molecular flexibility index (Phi) is 2.29. The lowest BCUT2D eigenvalue weighted by Gasteiger charge is -2.31. The van der Waals surface area contributed by atoms with Crippen molar-refractivity contribution in [1.82, 2.24) is 0 Å². The molecule has 0 heterocycles. The van der Waals surface area contributed by atoms with Crippen LogP contribution in [0.1, 0.15) is 30.0 Å². The Hall–Kier alpha value is -1.31. The fourth-order valence-electron chi connectivity index (χ4n) is 2.38. The number of benzene rings is 1. The minimum absolute atomic E-state index is 0.569. The molecule has 2 nitrogen and oxygen atoms in total. The molecule has 0 aliphatic heterocycles. The molecule has 15 heavy (non-hydrogen) atoms.